The van der Waals surface area contributed by atoms with Gasteiger partial charge in [0.25, 0.3) is 0 Å². The van der Waals surface area contributed by atoms with Gasteiger partial charge >= 0.3 is 0 Å². The molecule has 15 heavy (non-hydrogen) atoms. The molecule has 1 N–H and O–H groups in total. The number of hydrogen-bond acceptors (Lipinski definition) is 4. The Morgan fingerprint density at radius 1 is 1.33 bits per heavy atom. The Morgan fingerprint density at radius 3 is 2.80 bits per heavy atom. The third-order valence-electron chi connectivity index (χ3n) is 1.87. The molecule has 4 heteroatoms. The van der Waals surface area contributed by atoms with Crippen molar-refractivity contribution in [3.05, 3.63) is 24.0 Å². The normalized spacial score (nSPS) is 10.3. The molecule has 0 aliphatic heterocycles. The standard InChI is InChI=1S/C11H18N2O2/c1-3-12-7-10-5-6-11(8-13-10)15-9-14-4-2/h5-6,8,12H,3-4,7,9H2,1-2H3. The van der Waals surface area contributed by atoms with Crippen molar-refractivity contribution in [2.24, 2.45) is 0 Å². The van der Waals surface area contributed by atoms with Crippen LogP contribution in [-0.4, -0.2) is 24.9 Å². The van der Waals surface area contributed by atoms with Crippen molar-refractivity contribution < 1.29 is 9.47 Å². The highest BCUT2D eigenvalue weighted by molar-refractivity contribution is 5.19. The molecule has 0 saturated heterocycles. The van der Waals surface area contributed by atoms with Crippen LogP contribution in [0.2, 0.25) is 0 Å². The second-order valence-corrected chi connectivity index (χ2v) is 3.02. The summed E-state index contributed by atoms with van der Waals surface area (Å²) in [5.74, 6) is 0.740. The fourth-order valence-electron chi connectivity index (χ4n) is 1.05. The second-order valence-electron chi connectivity index (χ2n) is 3.02. The number of nitrogens with zero attached hydrogens (tertiary/aromatic N) is 1. The minimum absolute atomic E-state index is 0.282. The van der Waals surface area contributed by atoms with Crippen LogP contribution in [0.3, 0.4) is 0 Å². The van der Waals surface area contributed by atoms with Crippen LogP contribution in [-0.2, 0) is 11.3 Å². The summed E-state index contributed by atoms with van der Waals surface area (Å²) in [5, 5.41) is 3.21. The summed E-state index contributed by atoms with van der Waals surface area (Å²) in [7, 11) is 0. The quantitative estimate of drug-likeness (QED) is 0.548. The average Bonchev–Trinajstić information content (AvgIpc) is 2.28. The fraction of sp³-hybridized carbons (Fsp3) is 0.545. The van der Waals surface area contributed by atoms with Crippen LogP contribution in [0.15, 0.2) is 18.3 Å². The van der Waals surface area contributed by atoms with E-state index in [2.05, 4.69) is 17.2 Å². The monoisotopic (exact) mass is 210 g/mol. The molecule has 0 aromatic carbocycles. The number of aromatic nitrogens is 1. The van der Waals surface area contributed by atoms with Gasteiger partial charge in [0, 0.05) is 13.2 Å². The van der Waals surface area contributed by atoms with Crippen LogP contribution in [0.4, 0.5) is 0 Å². The molecule has 0 atom stereocenters. The summed E-state index contributed by atoms with van der Waals surface area (Å²) >= 11 is 0. The molecular weight excluding hydrogens is 192 g/mol. The van der Waals surface area contributed by atoms with Gasteiger partial charge in [-0.25, -0.2) is 0 Å². The Morgan fingerprint density at radius 2 is 2.20 bits per heavy atom. The van der Waals surface area contributed by atoms with E-state index in [1.54, 1.807) is 6.20 Å². The lowest BCUT2D eigenvalue weighted by molar-refractivity contribution is 0.0222. The van der Waals surface area contributed by atoms with Gasteiger partial charge < -0.3 is 14.8 Å². The lowest BCUT2D eigenvalue weighted by Gasteiger charge is -2.06. The van der Waals surface area contributed by atoms with Gasteiger partial charge in [0.2, 0.25) is 0 Å². The van der Waals surface area contributed by atoms with Gasteiger partial charge in [0.15, 0.2) is 6.79 Å². The largest absolute Gasteiger partial charge is 0.466 e. The van der Waals surface area contributed by atoms with Gasteiger partial charge in [0.05, 0.1) is 11.9 Å². The molecule has 4 nitrogen and oxygen atoms in total. The van der Waals surface area contributed by atoms with Crippen molar-refractivity contribution in [3.63, 3.8) is 0 Å². The predicted molar refractivity (Wildman–Crippen MR) is 58.7 cm³/mol. The first-order valence-corrected chi connectivity index (χ1v) is 5.23. The van der Waals surface area contributed by atoms with E-state index >= 15 is 0 Å². The second kappa shape index (κ2) is 7.20. The van der Waals surface area contributed by atoms with Crippen molar-refractivity contribution >= 4 is 0 Å². The van der Waals surface area contributed by atoms with Gasteiger partial charge in [-0.15, -0.1) is 0 Å². The molecule has 1 aromatic heterocycles. The summed E-state index contributed by atoms with van der Waals surface area (Å²) in [6.07, 6.45) is 1.71. The molecule has 0 spiro atoms. The molecule has 1 rings (SSSR count). The summed E-state index contributed by atoms with van der Waals surface area (Å²) in [4.78, 5) is 4.25. The zero-order chi connectivity index (χ0) is 10.9. The minimum Gasteiger partial charge on any atom is -0.466 e. The van der Waals surface area contributed by atoms with Gasteiger partial charge in [-0.1, -0.05) is 6.92 Å². The zero-order valence-electron chi connectivity index (χ0n) is 9.32. The number of pyridine rings is 1. The first kappa shape index (κ1) is 11.9. The molecule has 0 fully saturated rings. The zero-order valence-corrected chi connectivity index (χ0v) is 9.32. The molecule has 0 bridgehead atoms. The maximum atomic E-state index is 5.30. The number of ether oxygens (including phenoxy) is 2. The molecule has 0 unspecified atom stereocenters. The van der Waals surface area contributed by atoms with Crippen molar-refractivity contribution in [2.45, 2.75) is 20.4 Å². The van der Waals surface area contributed by atoms with Crippen LogP contribution >= 0.6 is 0 Å². The molecule has 1 aromatic rings. The fourth-order valence-corrected chi connectivity index (χ4v) is 1.05. The topological polar surface area (TPSA) is 43.4 Å². The van der Waals surface area contributed by atoms with Gasteiger partial charge in [-0.3, -0.25) is 4.98 Å². The van der Waals surface area contributed by atoms with Crippen molar-refractivity contribution in [1.82, 2.24) is 10.3 Å². The number of nitrogens with one attached hydrogen (secondary N) is 1. The third kappa shape index (κ3) is 4.76. The minimum atomic E-state index is 0.282. The lowest BCUT2D eigenvalue weighted by atomic mass is 10.3. The van der Waals surface area contributed by atoms with E-state index in [0.717, 1.165) is 24.5 Å². The smallest absolute Gasteiger partial charge is 0.189 e. The first-order chi connectivity index (χ1) is 7.36. The van der Waals surface area contributed by atoms with Crippen molar-refractivity contribution in [3.8, 4) is 5.75 Å². The van der Waals surface area contributed by atoms with E-state index in [1.807, 2.05) is 19.1 Å². The Kier molecular flexibility index (Phi) is 5.73. The molecule has 0 aliphatic carbocycles. The van der Waals surface area contributed by atoms with Crippen LogP contribution < -0.4 is 10.1 Å². The van der Waals surface area contributed by atoms with E-state index in [4.69, 9.17) is 9.47 Å². The summed E-state index contributed by atoms with van der Waals surface area (Å²) in [6, 6.07) is 3.85. The molecule has 0 saturated carbocycles. The predicted octanol–water partition coefficient (Wildman–Crippen LogP) is 1.56. The molecule has 1 heterocycles. The van der Waals surface area contributed by atoms with Crippen LogP contribution in [0, 0.1) is 0 Å². The van der Waals surface area contributed by atoms with E-state index in [-0.39, 0.29) is 6.79 Å². The highest BCUT2D eigenvalue weighted by Gasteiger charge is 1.96. The van der Waals surface area contributed by atoms with E-state index in [1.165, 1.54) is 0 Å². The highest BCUT2D eigenvalue weighted by Crippen LogP contribution is 2.08. The van der Waals surface area contributed by atoms with Crippen molar-refractivity contribution in [1.29, 1.82) is 0 Å². The maximum absolute atomic E-state index is 5.30. The lowest BCUT2D eigenvalue weighted by Crippen LogP contribution is -2.12. The maximum Gasteiger partial charge on any atom is 0.189 e. The molecular formula is C11H18N2O2. The van der Waals surface area contributed by atoms with Gasteiger partial charge in [-0.2, -0.15) is 0 Å². The molecule has 0 radical (unpaired) electrons. The Bertz CT molecular complexity index is 262. The molecule has 0 aliphatic rings. The van der Waals surface area contributed by atoms with Gasteiger partial charge in [-0.05, 0) is 25.6 Å². The average molecular weight is 210 g/mol. The molecule has 84 valence electrons. The third-order valence-corrected chi connectivity index (χ3v) is 1.87. The van der Waals surface area contributed by atoms with E-state index in [9.17, 15) is 0 Å². The summed E-state index contributed by atoms with van der Waals surface area (Å²) in [5.41, 5.74) is 1.01. The van der Waals surface area contributed by atoms with Crippen LogP contribution in [0.1, 0.15) is 19.5 Å². The Balaban J connectivity index is 2.35. The number of rotatable bonds is 7. The van der Waals surface area contributed by atoms with E-state index in [0.29, 0.717) is 6.61 Å². The highest BCUT2D eigenvalue weighted by atomic mass is 16.7. The van der Waals surface area contributed by atoms with Gasteiger partial charge in [0.1, 0.15) is 5.75 Å². The van der Waals surface area contributed by atoms with E-state index < -0.39 is 0 Å². The Hall–Kier alpha value is -1.13. The van der Waals surface area contributed by atoms with Crippen molar-refractivity contribution in [2.75, 3.05) is 19.9 Å². The van der Waals surface area contributed by atoms with Crippen LogP contribution in [0.25, 0.3) is 0 Å². The Labute approximate surface area is 90.6 Å². The summed E-state index contributed by atoms with van der Waals surface area (Å²) < 4.78 is 10.4. The number of hydrogen-bond donors (Lipinski definition) is 1. The summed E-state index contributed by atoms with van der Waals surface area (Å²) in [6.45, 7) is 6.68. The first-order valence-electron chi connectivity index (χ1n) is 5.23. The molecule has 0 amide bonds. The van der Waals surface area contributed by atoms with Crippen LogP contribution in [0.5, 0.6) is 5.75 Å². The SMILES string of the molecule is CCNCc1ccc(OCOCC)cn1.